The Bertz CT molecular complexity index is 637. The number of sulfonamides is 1. The first-order chi connectivity index (χ1) is 9.38. The number of rotatable bonds is 7. The average molecular weight is 300 g/mol. The van der Waals surface area contributed by atoms with E-state index in [9.17, 15) is 22.9 Å². The second kappa shape index (κ2) is 6.98. The molecule has 8 heteroatoms. The minimum Gasteiger partial charge on any atom is -0.258 e. The van der Waals surface area contributed by atoms with Crippen molar-refractivity contribution in [3.63, 3.8) is 0 Å². The minimum atomic E-state index is -3.88. The van der Waals surface area contributed by atoms with Crippen LogP contribution in [0.3, 0.4) is 0 Å². The Balaban J connectivity index is 2.76. The Morgan fingerprint density at radius 2 is 2.10 bits per heavy atom. The highest BCUT2D eigenvalue weighted by molar-refractivity contribution is 7.89. The van der Waals surface area contributed by atoms with Gasteiger partial charge in [-0.2, -0.15) is 4.39 Å². The fourth-order valence-electron chi connectivity index (χ4n) is 1.44. The van der Waals surface area contributed by atoms with Gasteiger partial charge < -0.3 is 0 Å². The van der Waals surface area contributed by atoms with E-state index in [2.05, 4.69) is 10.6 Å². The number of benzene rings is 1. The molecular weight excluding hydrogens is 287 g/mol. The molecule has 0 radical (unpaired) electrons. The molecule has 108 valence electrons. The van der Waals surface area contributed by atoms with E-state index in [1.54, 1.807) is 0 Å². The number of halogens is 1. The standard InChI is InChI=1S/C12H13FN2O4S/c1-2-3-4-5-8-14-20(18,19)10-6-7-12(15(16)17)11(13)9-10/h1,6-7,9,14H,3-5,8H2. The van der Waals surface area contributed by atoms with Crippen LogP contribution in [0.4, 0.5) is 10.1 Å². The van der Waals surface area contributed by atoms with Crippen molar-refractivity contribution in [3.05, 3.63) is 34.1 Å². The van der Waals surface area contributed by atoms with Crippen molar-refractivity contribution in [2.75, 3.05) is 6.54 Å². The van der Waals surface area contributed by atoms with Gasteiger partial charge in [-0.05, 0) is 18.9 Å². The van der Waals surface area contributed by atoms with E-state index in [4.69, 9.17) is 6.42 Å². The molecular formula is C12H13FN2O4S. The van der Waals surface area contributed by atoms with Crippen molar-refractivity contribution in [3.8, 4) is 12.3 Å². The average Bonchev–Trinajstić information content (AvgIpc) is 2.37. The largest absolute Gasteiger partial charge is 0.304 e. The summed E-state index contributed by atoms with van der Waals surface area (Å²) in [6, 6.07) is 2.44. The van der Waals surface area contributed by atoms with Crippen molar-refractivity contribution in [2.24, 2.45) is 0 Å². The Kier molecular flexibility index (Phi) is 5.61. The van der Waals surface area contributed by atoms with E-state index in [0.29, 0.717) is 25.3 Å². The molecule has 0 aliphatic rings. The highest BCUT2D eigenvalue weighted by Crippen LogP contribution is 2.20. The molecule has 1 aromatic carbocycles. The van der Waals surface area contributed by atoms with E-state index < -0.39 is 26.5 Å². The summed E-state index contributed by atoms with van der Waals surface area (Å²) in [6.07, 6.45) is 6.84. The molecule has 0 atom stereocenters. The molecule has 6 nitrogen and oxygen atoms in total. The molecule has 0 amide bonds. The molecule has 0 heterocycles. The number of nitrogens with one attached hydrogen (secondary N) is 1. The van der Waals surface area contributed by atoms with Crippen LogP contribution in [0.2, 0.25) is 0 Å². The first kappa shape index (κ1) is 16.1. The lowest BCUT2D eigenvalue weighted by atomic mass is 10.2. The summed E-state index contributed by atoms with van der Waals surface area (Å²) in [5.41, 5.74) is -0.766. The Hall–Kier alpha value is -1.98. The Morgan fingerprint density at radius 1 is 1.40 bits per heavy atom. The summed E-state index contributed by atoms with van der Waals surface area (Å²) in [7, 11) is -3.88. The lowest BCUT2D eigenvalue weighted by molar-refractivity contribution is -0.387. The van der Waals surface area contributed by atoms with Crippen molar-refractivity contribution in [1.29, 1.82) is 0 Å². The first-order valence-corrected chi connectivity index (χ1v) is 7.24. The second-order valence-electron chi connectivity index (χ2n) is 3.93. The Labute approximate surface area is 116 Å². The topological polar surface area (TPSA) is 89.3 Å². The zero-order valence-corrected chi connectivity index (χ0v) is 11.3. The van der Waals surface area contributed by atoms with Gasteiger partial charge in [-0.25, -0.2) is 13.1 Å². The molecule has 1 aromatic rings. The summed E-state index contributed by atoms with van der Waals surface area (Å²) in [5, 5.41) is 10.4. The van der Waals surface area contributed by atoms with E-state index in [1.165, 1.54) is 0 Å². The van der Waals surface area contributed by atoms with Crippen LogP contribution in [0.15, 0.2) is 23.1 Å². The molecule has 0 unspecified atom stereocenters. The second-order valence-corrected chi connectivity index (χ2v) is 5.70. The molecule has 0 spiro atoms. The van der Waals surface area contributed by atoms with Crippen molar-refractivity contribution in [1.82, 2.24) is 4.72 Å². The van der Waals surface area contributed by atoms with Gasteiger partial charge in [0.1, 0.15) is 0 Å². The number of hydrogen-bond acceptors (Lipinski definition) is 4. The van der Waals surface area contributed by atoms with Crippen molar-refractivity contribution >= 4 is 15.7 Å². The van der Waals surface area contributed by atoms with E-state index in [-0.39, 0.29) is 11.4 Å². The lowest BCUT2D eigenvalue weighted by Crippen LogP contribution is -2.24. The maximum Gasteiger partial charge on any atom is 0.304 e. The van der Waals surface area contributed by atoms with Crippen LogP contribution in [0.25, 0.3) is 0 Å². The van der Waals surface area contributed by atoms with Crippen LogP contribution in [0.5, 0.6) is 0 Å². The number of unbranched alkanes of at least 4 members (excludes halogenated alkanes) is 2. The van der Waals surface area contributed by atoms with E-state index >= 15 is 0 Å². The quantitative estimate of drug-likeness (QED) is 0.360. The van der Waals surface area contributed by atoms with Gasteiger partial charge in [-0.3, -0.25) is 10.1 Å². The normalized spacial score (nSPS) is 11.0. The van der Waals surface area contributed by atoms with Gasteiger partial charge in [0.25, 0.3) is 0 Å². The van der Waals surface area contributed by atoms with Crippen LogP contribution < -0.4 is 4.72 Å². The zero-order chi connectivity index (χ0) is 15.2. The highest BCUT2D eigenvalue weighted by atomic mass is 32.2. The SMILES string of the molecule is C#CCCCCNS(=O)(=O)c1ccc([N+](=O)[O-])c(F)c1. The maximum atomic E-state index is 13.4. The predicted octanol–water partition coefficient (Wildman–Crippen LogP) is 1.82. The first-order valence-electron chi connectivity index (χ1n) is 5.75. The van der Waals surface area contributed by atoms with Gasteiger partial charge in [0.05, 0.1) is 9.82 Å². The van der Waals surface area contributed by atoms with Gasteiger partial charge in [0.2, 0.25) is 15.8 Å². The van der Waals surface area contributed by atoms with Crippen LogP contribution in [0.1, 0.15) is 19.3 Å². The third-order valence-electron chi connectivity index (χ3n) is 2.47. The number of terminal acetylenes is 1. The third-order valence-corrected chi connectivity index (χ3v) is 3.92. The molecule has 0 fully saturated rings. The summed E-state index contributed by atoms with van der Waals surface area (Å²) >= 11 is 0. The molecule has 0 aromatic heterocycles. The maximum absolute atomic E-state index is 13.4. The lowest BCUT2D eigenvalue weighted by Gasteiger charge is -2.06. The Morgan fingerprint density at radius 3 is 2.65 bits per heavy atom. The van der Waals surface area contributed by atoms with Crippen molar-refractivity contribution in [2.45, 2.75) is 24.2 Å². The fourth-order valence-corrected chi connectivity index (χ4v) is 2.53. The van der Waals surface area contributed by atoms with Gasteiger partial charge in [0.15, 0.2) is 0 Å². The molecule has 0 aliphatic heterocycles. The van der Waals surface area contributed by atoms with Gasteiger partial charge in [-0.1, -0.05) is 0 Å². The summed E-state index contributed by atoms with van der Waals surface area (Å²) in [6.45, 7) is 0.169. The van der Waals surface area contributed by atoms with Gasteiger partial charge >= 0.3 is 5.69 Å². The summed E-state index contributed by atoms with van der Waals surface area (Å²) < 4.78 is 39.3. The van der Waals surface area contributed by atoms with Gasteiger partial charge in [-0.15, -0.1) is 12.3 Å². The predicted molar refractivity (Wildman–Crippen MR) is 70.9 cm³/mol. The number of hydrogen-bond donors (Lipinski definition) is 1. The molecule has 1 rings (SSSR count). The zero-order valence-electron chi connectivity index (χ0n) is 10.5. The minimum absolute atomic E-state index is 0.169. The summed E-state index contributed by atoms with van der Waals surface area (Å²) in [5.74, 6) is 1.24. The van der Waals surface area contributed by atoms with Crippen LogP contribution >= 0.6 is 0 Å². The molecule has 0 saturated heterocycles. The molecule has 1 N–H and O–H groups in total. The molecule has 0 aliphatic carbocycles. The van der Waals surface area contributed by atoms with E-state index in [1.807, 2.05) is 0 Å². The smallest absolute Gasteiger partial charge is 0.258 e. The fraction of sp³-hybridized carbons (Fsp3) is 0.333. The highest BCUT2D eigenvalue weighted by Gasteiger charge is 2.20. The van der Waals surface area contributed by atoms with Crippen LogP contribution in [-0.2, 0) is 10.0 Å². The number of nitro benzene ring substituents is 1. The molecule has 20 heavy (non-hydrogen) atoms. The van der Waals surface area contributed by atoms with Crippen molar-refractivity contribution < 1.29 is 17.7 Å². The number of nitro groups is 1. The van der Waals surface area contributed by atoms with E-state index in [0.717, 1.165) is 12.1 Å². The third kappa shape index (κ3) is 4.29. The summed E-state index contributed by atoms with van der Waals surface area (Å²) in [4.78, 5) is 9.17. The molecule has 0 saturated carbocycles. The monoisotopic (exact) mass is 300 g/mol. The van der Waals surface area contributed by atoms with Gasteiger partial charge in [0, 0.05) is 25.1 Å². The van der Waals surface area contributed by atoms with Crippen LogP contribution in [-0.4, -0.2) is 19.9 Å². The van der Waals surface area contributed by atoms with Crippen LogP contribution in [0, 0.1) is 28.3 Å². The number of nitrogens with zero attached hydrogens (tertiary/aromatic N) is 1. The molecule has 0 bridgehead atoms.